The van der Waals surface area contributed by atoms with E-state index in [9.17, 15) is 18.0 Å². The Morgan fingerprint density at radius 1 is 1.12 bits per heavy atom. The molecule has 0 aliphatic carbocycles. The lowest BCUT2D eigenvalue weighted by atomic mass is 10.2. The van der Waals surface area contributed by atoms with Crippen LogP contribution < -0.4 is 5.32 Å². The number of anilines is 1. The van der Waals surface area contributed by atoms with Gasteiger partial charge in [-0.25, -0.2) is 9.97 Å². The Morgan fingerprint density at radius 3 is 2.68 bits per heavy atom. The van der Waals surface area contributed by atoms with E-state index in [-0.39, 0.29) is 5.56 Å². The van der Waals surface area contributed by atoms with Crippen LogP contribution in [0.15, 0.2) is 64.1 Å². The van der Waals surface area contributed by atoms with Gasteiger partial charge in [0.25, 0.3) is 5.91 Å². The highest BCUT2D eigenvalue weighted by atomic mass is 32.2. The highest BCUT2D eigenvalue weighted by Gasteiger charge is 2.30. The molecule has 128 valence electrons. The molecule has 0 saturated heterocycles. The van der Waals surface area contributed by atoms with Gasteiger partial charge in [-0.1, -0.05) is 17.8 Å². The molecule has 1 N–H and O–H groups in total. The molecule has 0 bridgehead atoms. The number of alkyl halides is 3. The lowest BCUT2D eigenvalue weighted by Gasteiger charge is -2.10. The lowest BCUT2D eigenvalue weighted by molar-refractivity contribution is -0.137. The zero-order chi connectivity index (χ0) is 17.9. The summed E-state index contributed by atoms with van der Waals surface area (Å²) in [4.78, 5) is 20.8. The highest BCUT2D eigenvalue weighted by Crippen LogP contribution is 2.34. The van der Waals surface area contributed by atoms with E-state index in [1.165, 1.54) is 29.7 Å². The molecular weight excluding hydrogens is 371 g/mol. The van der Waals surface area contributed by atoms with Crippen molar-refractivity contribution in [3.63, 3.8) is 0 Å². The van der Waals surface area contributed by atoms with E-state index in [4.69, 9.17) is 0 Å². The van der Waals surface area contributed by atoms with Crippen molar-refractivity contribution in [2.45, 2.75) is 16.1 Å². The number of benzene rings is 1. The van der Waals surface area contributed by atoms with Gasteiger partial charge in [-0.05, 0) is 30.3 Å². The zero-order valence-corrected chi connectivity index (χ0v) is 14.1. The minimum absolute atomic E-state index is 0.264. The van der Waals surface area contributed by atoms with Crippen LogP contribution in [-0.4, -0.2) is 15.9 Å². The van der Waals surface area contributed by atoms with Crippen LogP contribution in [0.2, 0.25) is 0 Å². The molecule has 0 fully saturated rings. The second-order valence-corrected chi connectivity index (χ2v) is 6.73. The molecule has 0 spiro atoms. The Labute approximate surface area is 149 Å². The number of thiazole rings is 1. The number of halogens is 3. The van der Waals surface area contributed by atoms with Crippen molar-refractivity contribution in [1.29, 1.82) is 0 Å². The molecule has 0 radical (unpaired) electrons. The van der Waals surface area contributed by atoms with Crippen LogP contribution in [0.4, 0.5) is 18.3 Å². The van der Waals surface area contributed by atoms with Crippen LogP contribution >= 0.6 is 23.1 Å². The van der Waals surface area contributed by atoms with E-state index >= 15 is 0 Å². The number of carbonyl (C=O) groups excluding carboxylic acids is 1. The predicted molar refractivity (Wildman–Crippen MR) is 89.9 cm³/mol. The van der Waals surface area contributed by atoms with E-state index in [1.54, 1.807) is 23.7 Å². The van der Waals surface area contributed by atoms with Gasteiger partial charge in [0.1, 0.15) is 5.03 Å². The fourth-order valence-corrected chi connectivity index (χ4v) is 3.41. The maximum atomic E-state index is 12.8. The van der Waals surface area contributed by atoms with Crippen molar-refractivity contribution in [2.24, 2.45) is 0 Å². The first kappa shape index (κ1) is 17.4. The third-order valence-electron chi connectivity index (χ3n) is 3.04. The number of rotatable bonds is 4. The van der Waals surface area contributed by atoms with Crippen LogP contribution in [-0.2, 0) is 6.18 Å². The minimum atomic E-state index is -4.42. The summed E-state index contributed by atoms with van der Waals surface area (Å²) in [5.74, 6) is -0.419. The standard InChI is InChI=1S/C16H10F3N3OS2/c17-16(18,19)10-3-1-4-11(9-10)25-14-12(5-2-6-20-14)13(23)22-15-21-7-8-24-15/h1-9H,(H,21,22,23). The predicted octanol–water partition coefficient (Wildman–Crippen LogP) is 4.96. The van der Waals surface area contributed by atoms with Gasteiger partial charge in [-0.15, -0.1) is 11.3 Å². The lowest BCUT2D eigenvalue weighted by Crippen LogP contribution is -2.13. The van der Waals surface area contributed by atoms with Crippen molar-refractivity contribution >= 4 is 34.1 Å². The number of nitrogens with zero attached hydrogens (tertiary/aromatic N) is 2. The minimum Gasteiger partial charge on any atom is -0.298 e. The summed E-state index contributed by atoms with van der Waals surface area (Å²) in [5, 5.41) is 5.10. The van der Waals surface area contributed by atoms with Gasteiger partial charge in [-0.3, -0.25) is 10.1 Å². The number of amides is 1. The first-order valence-electron chi connectivity index (χ1n) is 6.94. The number of pyridine rings is 1. The van der Waals surface area contributed by atoms with Gasteiger partial charge in [-0.2, -0.15) is 13.2 Å². The number of aromatic nitrogens is 2. The first-order valence-corrected chi connectivity index (χ1v) is 8.64. The third kappa shape index (κ3) is 4.37. The summed E-state index contributed by atoms with van der Waals surface area (Å²) in [5.41, 5.74) is -0.484. The maximum absolute atomic E-state index is 12.8. The average Bonchev–Trinajstić information content (AvgIpc) is 3.08. The molecule has 0 aliphatic rings. The SMILES string of the molecule is O=C(Nc1nccs1)c1cccnc1Sc1cccc(C(F)(F)F)c1. The fourth-order valence-electron chi connectivity index (χ4n) is 1.94. The molecule has 2 heterocycles. The second-order valence-electron chi connectivity index (χ2n) is 4.78. The number of nitrogens with one attached hydrogen (secondary N) is 1. The largest absolute Gasteiger partial charge is 0.416 e. The van der Waals surface area contributed by atoms with E-state index < -0.39 is 17.6 Å². The molecular formula is C16H10F3N3OS2. The van der Waals surface area contributed by atoms with Crippen LogP contribution in [0.25, 0.3) is 0 Å². The topological polar surface area (TPSA) is 54.9 Å². The fraction of sp³-hybridized carbons (Fsp3) is 0.0625. The van der Waals surface area contributed by atoms with Crippen molar-refractivity contribution in [2.75, 3.05) is 5.32 Å². The summed E-state index contributed by atoms with van der Waals surface area (Å²) >= 11 is 2.26. The quantitative estimate of drug-likeness (QED) is 0.694. The summed E-state index contributed by atoms with van der Waals surface area (Å²) in [6.07, 6.45) is -1.39. The molecule has 3 rings (SSSR count). The molecule has 3 aromatic rings. The molecule has 0 aliphatic heterocycles. The Bertz CT molecular complexity index is 882. The van der Waals surface area contributed by atoms with Gasteiger partial charge in [0.2, 0.25) is 0 Å². The van der Waals surface area contributed by atoms with Crippen molar-refractivity contribution in [3.8, 4) is 0 Å². The third-order valence-corrected chi connectivity index (χ3v) is 4.74. The zero-order valence-electron chi connectivity index (χ0n) is 12.4. The van der Waals surface area contributed by atoms with Gasteiger partial charge >= 0.3 is 6.18 Å². The summed E-state index contributed by atoms with van der Waals surface area (Å²) in [7, 11) is 0. The average molecular weight is 381 g/mol. The van der Waals surface area contributed by atoms with Crippen LogP contribution in [0.1, 0.15) is 15.9 Å². The Balaban J connectivity index is 1.85. The van der Waals surface area contributed by atoms with E-state index in [0.29, 0.717) is 15.1 Å². The normalized spacial score (nSPS) is 11.3. The van der Waals surface area contributed by atoms with Crippen LogP contribution in [0.3, 0.4) is 0 Å². The van der Waals surface area contributed by atoms with Crippen molar-refractivity contribution in [1.82, 2.24) is 9.97 Å². The Kier molecular flexibility index (Phi) is 5.05. The molecule has 25 heavy (non-hydrogen) atoms. The first-order chi connectivity index (χ1) is 11.9. The van der Waals surface area contributed by atoms with E-state index in [1.807, 2.05) is 0 Å². The molecule has 1 amide bonds. The number of hydrogen-bond donors (Lipinski definition) is 1. The summed E-state index contributed by atoms with van der Waals surface area (Å²) < 4.78 is 38.5. The molecule has 4 nitrogen and oxygen atoms in total. The van der Waals surface area contributed by atoms with E-state index in [2.05, 4.69) is 15.3 Å². The smallest absolute Gasteiger partial charge is 0.298 e. The van der Waals surface area contributed by atoms with Crippen LogP contribution in [0.5, 0.6) is 0 Å². The van der Waals surface area contributed by atoms with Crippen molar-refractivity contribution < 1.29 is 18.0 Å². The van der Waals surface area contributed by atoms with Gasteiger partial charge < -0.3 is 0 Å². The Morgan fingerprint density at radius 2 is 1.96 bits per heavy atom. The molecule has 1 aromatic carbocycles. The summed E-state index contributed by atoms with van der Waals surface area (Å²) in [6, 6.07) is 8.04. The van der Waals surface area contributed by atoms with Gasteiger partial charge in [0, 0.05) is 22.7 Å². The molecule has 0 saturated carbocycles. The molecule has 0 atom stereocenters. The maximum Gasteiger partial charge on any atom is 0.416 e. The number of hydrogen-bond acceptors (Lipinski definition) is 5. The van der Waals surface area contributed by atoms with Crippen LogP contribution in [0, 0.1) is 0 Å². The van der Waals surface area contributed by atoms with E-state index in [0.717, 1.165) is 23.9 Å². The molecule has 9 heteroatoms. The summed E-state index contributed by atoms with van der Waals surface area (Å²) in [6.45, 7) is 0. The monoisotopic (exact) mass is 381 g/mol. The molecule has 2 aromatic heterocycles. The highest BCUT2D eigenvalue weighted by molar-refractivity contribution is 7.99. The Hall–Kier alpha value is -2.39. The van der Waals surface area contributed by atoms with Gasteiger partial charge in [0.05, 0.1) is 11.1 Å². The van der Waals surface area contributed by atoms with Gasteiger partial charge in [0.15, 0.2) is 5.13 Å². The van der Waals surface area contributed by atoms with Crippen molar-refractivity contribution in [3.05, 3.63) is 65.3 Å². The molecule has 0 unspecified atom stereocenters. The second kappa shape index (κ2) is 7.24. The number of carbonyl (C=O) groups is 1.